The van der Waals surface area contributed by atoms with Crippen molar-refractivity contribution in [2.45, 2.75) is 20.3 Å². The summed E-state index contributed by atoms with van der Waals surface area (Å²) in [4.78, 5) is 24.1. The topological polar surface area (TPSA) is 86.2 Å². The van der Waals surface area contributed by atoms with Crippen molar-refractivity contribution >= 4 is 18.1 Å². The van der Waals surface area contributed by atoms with Crippen LogP contribution in [-0.4, -0.2) is 31.3 Å². The van der Waals surface area contributed by atoms with Crippen molar-refractivity contribution in [1.82, 2.24) is 5.43 Å². The van der Waals surface area contributed by atoms with Crippen LogP contribution in [0.3, 0.4) is 0 Å². The highest BCUT2D eigenvalue weighted by atomic mass is 16.5. The van der Waals surface area contributed by atoms with Gasteiger partial charge in [0.25, 0.3) is 5.91 Å². The molecule has 3 aromatic carbocycles. The molecule has 1 amide bonds. The van der Waals surface area contributed by atoms with Gasteiger partial charge >= 0.3 is 5.97 Å². The van der Waals surface area contributed by atoms with E-state index in [9.17, 15) is 9.59 Å². The maximum atomic E-state index is 12.3. The highest BCUT2D eigenvalue weighted by Gasteiger charge is 2.09. The van der Waals surface area contributed by atoms with Crippen LogP contribution in [0.2, 0.25) is 0 Å². The molecule has 33 heavy (non-hydrogen) atoms. The van der Waals surface area contributed by atoms with E-state index in [0.717, 1.165) is 17.5 Å². The van der Waals surface area contributed by atoms with E-state index in [2.05, 4.69) is 10.5 Å². The monoisotopic (exact) mass is 446 g/mol. The average molecular weight is 447 g/mol. The summed E-state index contributed by atoms with van der Waals surface area (Å²) >= 11 is 0. The van der Waals surface area contributed by atoms with E-state index in [1.54, 1.807) is 60.7 Å². The highest BCUT2D eigenvalue weighted by Crippen LogP contribution is 2.16. The van der Waals surface area contributed by atoms with Crippen LogP contribution in [-0.2, 0) is 4.79 Å². The lowest BCUT2D eigenvalue weighted by atomic mass is 10.2. The zero-order valence-electron chi connectivity index (χ0n) is 18.6. The first-order chi connectivity index (χ1) is 16.0. The number of rotatable bonds is 10. The number of nitrogens with one attached hydrogen (secondary N) is 1. The molecule has 0 aliphatic rings. The van der Waals surface area contributed by atoms with E-state index in [0.29, 0.717) is 29.4 Å². The van der Waals surface area contributed by atoms with Gasteiger partial charge in [0, 0.05) is 0 Å². The Labute approximate surface area is 193 Å². The van der Waals surface area contributed by atoms with Crippen LogP contribution in [0, 0.1) is 6.92 Å². The van der Waals surface area contributed by atoms with E-state index in [1.165, 1.54) is 6.21 Å². The van der Waals surface area contributed by atoms with Crippen molar-refractivity contribution in [2.24, 2.45) is 5.10 Å². The molecule has 0 saturated carbocycles. The number of carbonyl (C=O) groups is 2. The zero-order valence-corrected chi connectivity index (χ0v) is 18.6. The van der Waals surface area contributed by atoms with Gasteiger partial charge in [0.15, 0.2) is 6.61 Å². The van der Waals surface area contributed by atoms with Crippen molar-refractivity contribution in [1.29, 1.82) is 0 Å². The van der Waals surface area contributed by atoms with Crippen LogP contribution in [0.4, 0.5) is 0 Å². The van der Waals surface area contributed by atoms with Crippen LogP contribution in [0.5, 0.6) is 17.2 Å². The average Bonchev–Trinajstić information content (AvgIpc) is 2.84. The summed E-state index contributed by atoms with van der Waals surface area (Å²) < 4.78 is 16.3. The molecule has 7 heteroatoms. The van der Waals surface area contributed by atoms with Gasteiger partial charge in [-0.05, 0) is 79.6 Å². The third kappa shape index (κ3) is 7.81. The summed E-state index contributed by atoms with van der Waals surface area (Å²) in [6.07, 6.45) is 2.41. The minimum absolute atomic E-state index is 0.138. The lowest BCUT2D eigenvalue weighted by Crippen LogP contribution is -2.24. The largest absolute Gasteiger partial charge is 0.494 e. The number of carbonyl (C=O) groups excluding carboxylic acids is 2. The van der Waals surface area contributed by atoms with E-state index < -0.39 is 5.97 Å². The predicted molar refractivity (Wildman–Crippen MR) is 126 cm³/mol. The fraction of sp³-hybridized carbons (Fsp3) is 0.192. The molecule has 3 aromatic rings. The summed E-state index contributed by atoms with van der Waals surface area (Å²) in [5.74, 6) is 0.901. The standard InChI is InChI=1S/C26H26N2O5/c1-3-16-31-22-14-8-21(9-15-22)26(30)33-24-12-6-20(7-13-24)17-27-28-25(29)18-32-23-10-4-19(2)5-11-23/h4-15,17H,3,16,18H2,1-2H3,(H,28,29). The lowest BCUT2D eigenvalue weighted by molar-refractivity contribution is -0.123. The summed E-state index contributed by atoms with van der Waals surface area (Å²) in [5.41, 5.74) is 4.68. The molecule has 0 atom stereocenters. The molecule has 0 aromatic heterocycles. The molecule has 0 unspecified atom stereocenters. The molecule has 0 bridgehead atoms. The van der Waals surface area contributed by atoms with Gasteiger partial charge in [-0.15, -0.1) is 0 Å². The van der Waals surface area contributed by atoms with Crippen LogP contribution in [0.15, 0.2) is 77.9 Å². The van der Waals surface area contributed by atoms with E-state index in [1.807, 2.05) is 26.0 Å². The summed E-state index contributed by atoms with van der Waals surface area (Å²) in [5, 5.41) is 3.91. The van der Waals surface area contributed by atoms with E-state index in [4.69, 9.17) is 14.2 Å². The molecule has 1 N–H and O–H groups in total. The van der Waals surface area contributed by atoms with Crippen LogP contribution in [0.25, 0.3) is 0 Å². The number of benzene rings is 3. The van der Waals surface area contributed by atoms with Gasteiger partial charge in [0.05, 0.1) is 18.4 Å². The number of amides is 1. The van der Waals surface area contributed by atoms with Gasteiger partial charge in [-0.2, -0.15) is 5.10 Å². The molecule has 0 saturated heterocycles. The Morgan fingerprint density at radius 3 is 2.12 bits per heavy atom. The van der Waals surface area contributed by atoms with Crippen LogP contribution in [0.1, 0.15) is 34.8 Å². The summed E-state index contributed by atoms with van der Waals surface area (Å²) in [6.45, 7) is 4.50. The van der Waals surface area contributed by atoms with E-state index in [-0.39, 0.29) is 12.5 Å². The number of hydrogen-bond acceptors (Lipinski definition) is 6. The molecule has 0 aliphatic heterocycles. The second kappa shape index (κ2) is 12.0. The van der Waals surface area contributed by atoms with Gasteiger partial charge in [-0.3, -0.25) is 4.79 Å². The fourth-order valence-electron chi connectivity index (χ4n) is 2.69. The Balaban J connectivity index is 1.44. The smallest absolute Gasteiger partial charge is 0.343 e. The normalized spacial score (nSPS) is 10.6. The van der Waals surface area contributed by atoms with Crippen molar-refractivity contribution in [3.8, 4) is 17.2 Å². The Morgan fingerprint density at radius 2 is 1.45 bits per heavy atom. The molecular weight excluding hydrogens is 420 g/mol. The van der Waals surface area contributed by atoms with E-state index >= 15 is 0 Å². The molecule has 0 radical (unpaired) electrons. The molecule has 0 heterocycles. The molecule has 0 aliphatic carbocycles. The maximum absolute atomic E-state index is 12.3. The molecule has 3 rings (SSSR count). The van der Waals surface area contributed by atoms with Gasteiger partial charge in [0.1, 0.15) is 17.2 Å². The summed E-state index contributed by atoms with van der Waals surface area (Å²) in [7, 11) is 0. The Bertz CT molecular complexity index is 1080. The Morgan fingerprint density at radius 1 is 0.848 bits per heavy atom. The maximum Gasteiger partial charge on any atom is 0.343 e. The first-order valence-electron chi connectivity index (χ1n) is 10.6. The second-order valence-electron chi connectivity index (χ2n) is 7.23. The molecule has 7 nitrogen and oxygen atoms in total. The van der Waals surface area contributed by atoms with Crippen LogP contribution < -0.4 is 19.6 Å². The quantitative estimate of drug-likeness (QED) is 0.214. The van der Waals surface area contributed by atoms with Crippen molar-refractivity contribution < 1.29 is 23.8 Å². The van der Waals surface area contributed by atoms with Gasteiger partial charge in [0.2, 0.25) is 0 Å². The number of esters is 1. The minimum Gasteiger partial charge on any atom is -0.494 e. The number of nitrogens with zero attached hydrogens (tertiary/aromatic N) is 1. The first kappa shape index (κ1) is 23.5. The predicted octanol–water partition coefficient (Wildman–Crippen LogP) is 4.53. The Hall–Kier alpha value is -4.13. The van der Waals surface area contributed by atoms with Crippen molar-refractivity contribution in [2.75, 3.05) is 13.2 Å². The number of ether oxygens (including phenoxy) is 3. The highest BCUT2D eigenvalue weighted by molar-refractivity contribution is 5.91. The molecule has 0 spiro atoms. The first-order valence-corrected chi connectivity index (χ1v) is 10.6. The van der Waals surface area contributed by atoms with Gasteiger partial charge in [-0.25, -0.2) is 10.2 Å². The molecule has 170 valence electrons. The fourth-order valence-corrected chi connectivity index (χ4v) is 2.69. The molecular formula is C26H26N2O5. The SMILES string of the molecule is CCCOc1ccc(C(=O)Oc2ccc(C=NNC(=O)COc3ccc(C)cc3)cc2)cc1. The third-order valence-corrected chi connectivity index (χ3v) is 4.45. The van der Waals surface area contributed by atoms with Gasteiger partial charge in [-0.1, -0.05) is 24.6 Å². The summed E-state index contributed by atoms with van der Waals surface area (Å²) in [6, 6.07) is 21.0. The van der Waals surface area contributed by atoms with Crippen LogP contribution >= 0.6 is 0 Å². The molecule has 0 fully saturated rings. The van der Waals surface area contributed by atoms with Gasteiger partial charge < -0.3 is 14.2 Å². The van der Waals surface area contributed by atoms with Crippen molar-refractivity contribution in [3.05, 3.63) is 89.5 Å². The number of aryl methyl sites for hydroxylation is 1. The number of hydrazone groups is 1. The minimum atomic E-state index is -0.459. The third-order valence-electron chi connectivity index (χ3n) is 4.45. The zero-order chi connectivity index (χ0) is 23.5. The Kier molecular flexibility index (Phi) is 8.59. The van der Waals surface area contributed by atoms with Crippen molar-refractivity contribution in [3.63, 3.8) is 0 Å². The lowest BCUT2D eigenvalue weighted by Gasteiger charge is -2.07. The number of hydrogen-bond donors (Lipinski definition) is 1. The second-order valence-corrected chi connectivity index (χ2v) is 7.23.